The summed E-state index contributed by atoms with van der Waals surface area (Å²) in [5.41, 5.74) is 1.47. The average molecular weight is 205 g/mol. The van der Waals surface area contributed by atoms with Crippen molar-refractivity contribution in [2.24, 2.45) is 0 Å². The van der Waals surface area contributed by atoms with Crippen molar-refractivity contribution in [3.63, 3.8) is 0 Å². The summed E-state index contributed by atoms with van der Waals surface area (Å²) >= 11 is 0. The number of carbonyl (C=O) groups is 1. The molecule has 0 fully saturated rings. The second-order valence-electron chi connectivity index (χ2n) is 3.74. The second-order valence-corrected chi connectivity index (χ2v) is 3.74. The van der Waals surface area contributed by atoms with Crippen molar-refractivity contribution in [3.8, 4) is 0 Å². The highest BCUT2D eigenvalue weighted by molar-refractivity contribution is 5.88. The lowest BCUT2D eigenvalue weighted by atomic mass is 9.86. The molecule has 0 N–H and O–H groups in total. The molecule has 0 amide bonds. The number of ketones is 1. The Labute approximate surface area is 87.8 Å². The van der Waals surface area contributed by atoms with E-state index in [0.717, 1.165) is 5.56 Å². The Morgan fingerprint density at radius 1 is 1.40 bits per heavy atom. The zero-order valence-electron chi connectivity index (χ0n) is 8.53. The van der Waals surface area contributed by atoms with Gasteiger partial charge in [-0.15, -0.1) is 0 Å². The topological polar surface area (TPSA) is 30.0 Å². The van der Waals surface area contributed by atoms with Gasteiger partial charge in [0, 0.05) is 18.0 Å². The third-order valence-corrected chi connectivity index (χ3v) is 2.71. The van der Waals surface area contributed by atoms with Crippen LogP contribution in [-0.4, -0.2) is 10.8 Å². The van der Waals surface area contributed by atoms with Gasteiger partial charge in [-0.3, -0.25) is 4.79 Å². The first-order valence-corrected chi connectivity index (χ1v) is 4.99. The Morgan fingerprint density at radius 2 is 2.20 bits per heavy atom. The molecule has 1 aliphatic carbocycles. The van der Waals surface area contributed by atoms with Gasteiger partial charge >= 0.3 is 0 Å². The van der Waals surface area contributed by atoms with Crippen LogP contribution in [0.2, 0.25) is 0 Å². The third kappa shape index (κ3) is 1.96. The van der Waals surface area contributed by atoms with E-state index in [9.17, 15) is 9.18 Å². The number of allylic oxidation sites excluding steroid dienone is 2. The first-order valence-electron chi connectivity index (χ1n) is 4.99. The van der Waals surface area contributed by atoms with Crippen LogP contribution in [0.3, 0.4) is 0 Å². The minimum atomic E-state index is -0.491. The smallest absolute Gasteiger partial charge is 0.213 e. The van der Waals surface area contributed by atoms with Crippen LogP contribution in [0.5, 0.6) is 0 Å². The van der Waals surface area contributed by atoms with Crippen LogP contribution in [0, 0.1) is 12.9 Å². The summed E-state index contributed by atoms with van der Waals surface area (Å²) in [6, 6.07) is 2.98. The van der Waals surface area contributed by atoms with E-state index in [1.54, 1.807) is 13.0 Å². The molecule has 1 aromatic rings. The molecule has 0 aromatic carbocycles. The van der Waals surface area contributed by atoms with Gasteiger partial charge in [-0.25, -0.2) is 4.98 Å². The van der Waals surface area contributed by atoms with Crippen LogP contribution >= 0.6 is 0 Å². The number of aryl methyl sites for hydroxylation is 1. The van der Waals surface area contributed by atoms with E-state index in [4.69, 9.17) is 0 Å². The summed E-state index contributed by atoms with van der Waals surface area (Å²) in [5, 5.41) is 0. The Balaban J connectivity index is 2.36. The Kier molecular flexibility index (Phi) is 2.62. The summed E-state index contributed by atoms with van der Waals surface area (Å²) < 4.78 is 12.8. The monoisotopic (exact) mass is 205 g/mol. The van der Waals surface area contributed by atoms with Gasteiger partial charge in [0.05, 0.1) is 0 Å². The largest absolute Gasteiger partial charge is 0.299 e. The van der Waals surface area contributed by atoms with Crippen LogP contribution < -0.4 is 0 Å². The molecule has 0 bridgehead atoms. The van der Waals surface area contributed by atoms with Gasteiger partial charge in [0.2, 0.25) is 5.95 Å². The zero-order chi connectivity index (χ0) is 10.8. The summed E-state index contributed by atoms with van der Waals surface area (Å²) in [6.07, 6.45) is 5.05. The van der Waals surface area contributed by atoms with Crippen molar-refractivity contribution in [1.29, 1.82) is 0 Å². The van der Waals surface area contributed by atoms with E-state index in [2.05, 4.69) is 4.98 Å². The normalized spacial score (nSPS) is 20.7. The van der Waals surface area contributed by atoms with Crippen molar-refractivity contribution < 1.29 is 9.18 Å². The average Bonchev–Trinajstić information content (AvgIpc) is 2.20. The lowest BCUT2D eigenvalue weighted by molar-refractivity contribution is -0.119. The molecule has 0 spiro atoms. The molecule has 0 saturated carbocycles. The molecule has 1 aliphatic rings. The second kappa shape index (κ2) is 3.93. The minimum absolute atomic E-state index is 0.136. The maximum atomic E-state index is 12.8. The highest BCUT2D eigenvalue weighted by atomic mass is 19.1. The molecule has 78 valence electrons. The maximum absolute atomic E-state index is 12.8. The molecule has 1 unspecified atom stereocenters. The minimum Gasteiger partial charge on any atom is -0.299 e. The van der Waals surface area contributed by atoms with Crippen LogP contribution in [0.4, 0.5) is 4.39 Å². The molecular weight excluding hydrogens is 193 g/mol. The fourth-order valence-corrected chi connectivity index (χ4v) is 1.92. The highest BCUT2D eigenvalue weighted by Gasteiger charge is 2.22. The molecular formula is C12H12FNO. The van der Waals surface area contributed by atoms with E-state index in [1.165, 1.54) is 6.07 Å². The van der Waals surface area contributed by atoms with Crippen LogP contribution in [0.15, 0.2) is 24.3 Å². The Bertz CT molecular complexity index is 426. The number of nitrogens with zero attached hydrogens (tertiary/aromatic N) is 1. The van der Waals surface area contributed by atoms with Gasteiger partial charge in [-0.2, -0.15) is 4.39 Å². The van der Waals surface area contributed by atoms with E-state index >= 15 is 0 Å². The summed E-state index contributed by atoms with van der Waals surface area (Å²) in [6.45, 7) is 1.74. The van der Waals surface area contributed by atoms with E-state index in [-0.39, 0.29) is 11.7 Å². The molecule has 1 atom stereocenters. The number of halogens is 1. The number of hydrogen-bond acceptors (Lipinski definition) is 2. The van der Waals surface area contributed by atoms with Crippen molar-refractivity contribution in [1.82, 2.24) is 4.98 Å². The first kappa shape index (κ1) is 10.0. The number of pyridine rings is 1. The van der Waals surface area contributed by atoms with Gasteiger partial charge in [0.25, 0.3) is 0 Å². The molecule has 15 heavy (non-hydrogen) atoms. The Morgan fingerprint density at radius 3 is 2.87 bits per heavy atom. The van der Waals surface area contributed by atoms with Crippen molar-refractivity contribution in [3.05, 3.63) is 41.5 Å². The molecule has 2 rings (SSSR count). The predicted octanol–water partition coefficient (Wildman–Crippen LogP) is 2.53. The van der Waals surface area contributed by atoms with Gasteiger partial charge in [0.1, 0.15) is 5.78 Å². The fourth-order valence-electron chi connectivity index (χ4n) is 1.92. The Hall–Kier alpha value is -1.51. The van der Waals surface area contributed by atoms with Crippen molar-refractivity contribution in [2.45, 2.75) is 25.7 Å². The van der Waals surface area contributed by atoms with Crippen LogP contribution in [0.25, 0.3) is 0 Å². The summed E-state index contributed by atoms with van der Waals surface area (Å²) in [4.78, 5) is 15.4. The molecule has 0 radical (unpaired) electrons. The fraction of sp³-hybridized carbons (Fsp3) is 0.333. The van der Waals surface area contributed by atoms with E-state index < -0.39 is 5.95 Å². The molecule has 1 heterocycles. The summed E-state index contributed by atoms with van der Waals surface area (Å²) in [5.74, 6) is -0.438. The first-order chi connectivity index (χ1) is 7.18. The number of rotatable bonds is 1. The van der Waals surface area contributed by atoms with Crippen molar-refractivity contribution in [2.75, 3.05) is 0 Å². The standard InChI is InChI=1S/C12H12FNO/c1-8-9(6-7-12(13)14-8)10-4-2-3-5-11(10)15/h2-3,6-7,10H,4-5H2,1H3. The molecule has 0 saturated heterocycles. The lowest BCUT2D eigenvalue weighted by Gasteiger charge is -2.18. The van der Waals surface area contributed by atoms with Crippen LogP contribution in [0.1, 0.15) is 30.0 Å². The van der Waals surface area contributed by atoms with Gasteiger partial charge < -0.3 is 0 Å². The number of carbonyl (C=O) groups excluding carboxylic acids is 1. The zero-order valence-corrected chi connectivity index (χ0v) is 8.53. The third-order valence-electron chi connectivity index (χ3n) is 2.71. The molecule has 2 nitrogen and oxygen atoms in total. The van der Waals surface area contributed by atoms with Gasteiger partial charge in [0.15, 0.2) is 0 Å². The van der Waals surface area contributed by atoms with Crippen molar-refractivity contribution >= 4 is 5.78 Å². The number of Topliss-reactive ketones (excluding diaryl/α,β-unsaturated/α-hetero) is 1. The highest BCUT2D eigenvalue weighted by Crippen LogP contribution is 2.27. The van der Waals surface area contributed by atoms with Crippen LogP contribution in [-0.2, 0) is 4.79 Å². The van der Waals surface area contributed by atoms with Gasteiger partial charge in [-0.05, 0) is 25.0 Å². The quantitative estimate of drug-likeness (QED) is 0.521. The van der Waals surface area contributed by atoms with Gasteiger partial charge in [-0.1, -0.05) is 18.2 Å². The lowest BCUT2D eigenvalue weighted by Crippen LogP contribution is -2.15. The van der Waals surface area contributed by atoms with E-state index in [0.29, 0.717) is 18.5 Å². The SMILES string of the molecule is Cc1nc(F)ccc1C1CC=CCC1=O. The predicted molar refractivity (Wildman–Crippen MR) is 55.1 cm³/mol. The maximum Gasteiger partial charge on any atom is 0.213 e. The number of hydrogen-bond donors (Lipinski definition) is 0. The molecule has 1 aromatic heterocycles. The van der Waals surface area contributed by atoms with E-state index in [1.807, 2.05) is 12.2 Å². The summed E-state index contributed by atoms with van der Waals surface area (Å²) in [7, 11) is 0. The number of aromatic nitrogens is 1. The molecule has 3 heteroatoms. The molecule has 0 aliphatic heterocycles.